The molecule has 0 aromatic rings. The van der Waals surface area contributed by atoms with Gasteiger partial charge in [0.25, 0.3) is 0 Å². The summed E-state index contributed by atoms with van der Waals surface area (Å²) >= 11 is 0. The van der Waals surface area contributed by atoms with E-state index in [9.17, 15) is 4.79 Å². The van der Waals surface area contributed by atoms with E-state index in [2.05, 4.69) is 15.5 Å². The van der Waals surface area contributed by atoms with Crippen molar-refractivity contribution in [1.82, 2.24) is 15.5 Å². The molecule has 24 heavy (non-hydrogen) atoms. The molecule has 2 N–H and O–H groups in total. The van der Waals surface area contributed by atoms with Gasteiger partial charge in [0.1, 0.15) is 0 Å². The number of piperidine rings is 2. The smallest absolute Gasteiger partial charge is 0.220 e. The number of hydrogen-bond donors (Lipinski definition) is 2. The fourth-order valence-corrected chi connectivity index (χ4v) is 5.04. The van der Waals surface area contributed by atoms with Crippen LogP contribution in [0.3, 0.4) is 0 Å². The van der Waals surface area contributed by atoms with E-state index >= 15 is 0 Å². The summed E-state index contributed by atoms with van der Waals surface area (Å²) in [5, 5.41) is 6.74. The zero-order valence-electron chi connectivity index (χ0n) is 15.5. The van der Waals surface area contributed by atoms with Gasteiger partial charge in [-0.2, -0.15) is 0 Å². The number of rotatable bonds is 6. The van der Waals surface area contributed by atoms with E-state index in [1.807, 2.05) is 0 Å². The largest absolute Gasteiger partial charge is 0.354 e. The molecular formula is C20H37N3O. The zero-order valence-corrected chi connectivity index (χ0v) is 15.5. The molecule has 4 heteroatoms. The third-order valence-corrected chi connectivity index (χ3v) is 6.66. The van der Waals surface area contributed by atoms with Gasteiger partial charge in [0.05, 0.1) is 0 Å². The summed E-state index contributed by atoms with van der Waals surface area (Å²) in [5.74, 6) is 1.04. The molecule has 0 aromatic heterocycles. The molecule has 3 aliphatic rings. The molecule has 2 aliphatic heterocycles. The maximum absolute atomic E-state index is 12.4. The van der Waals surface area contributed by atoms with Crippen molar-refractivity contribution in [2.24, 2.45) is 5.92 Å². The Hall–Kier alpha value is -0.610. The first kappa shape index (κ1) is 18.2. The van der Waals surface area contributed by atoms with Crippen molar-refractivity contribution in [2.45, 2.75) is 82.6 Å². The minimum absolute atomic E-state index is 0.267. The second-order valence-electron chi connectivity index (χ2n) is 8.34. The molecule has 1 amide bonds. The van der Waals surface area contributed by atoms with Crippen LogP contribution in [0.25, 0.3) is 0 Å². The molecule has 3 rings (SSSR count). The fraction of sp³-hybridized carbons (Fsp3) is 0.950. The van der Waals surface area contributed by atoms with Crippen LogP contribution < -0.4 is 10.6 Å². The molecule has 2 saturated heterocycles. The Balaban J connectivity index is 1.46. The molecule has 0 unspecified atom stereocenters. The number of carbonyl (C=O) groups is 1. The van der Waals surface area contributed by atoms with E-state index in [1.54, 1.807) is 0 Å². The molecule has 138 valence electrons. The number of nitrogens with zero attached hydrogens (tertiary/aromatic N) is 1. The highest BCUT2D eigenvalue weighted by atomic mass is 16.1. The van der Waals surface area contributed by atoms with Gasteiger partial charge in [0.15, 0.2) is 0 Å². The molecule has 0 aromatic carbocycles. The second-order valence-corrected chi connectivity index (χ2v) is 8.34. The predicted molar refractivity (Wildman–Crippen MR) is 99.1 cm³/mol. The SMILES string of the molecule is O=C(CCC1CCNCC1)NCC1(N2CCCCC2)CCCCC1. The van der Waals surface area contributed by atoms with Crippen LogP contribution in [0, 0.1) is 5.92 Å². The van der Waals surface area contributed by atoms with Crippen LogP contribution in [0.15, 0.2) is 0 Å². The lowest BCUT2D eigenvalue weighted by atomic mass is 9.79. The highest BCUT2D eigenvalue weighted by molar-refractivity contribution is 5.75. The van der Waals surface area contributed by atoms with Gasteiger partial charge in [-0.05, 0) is 77.0 Å². The first-order chi connectivity index (χ1) is 11.8. The summed E-state index contributed by atoms with van der Waals surface area (Å²) in [6, 6.07) is 0. The van der Waals surface area contributed by atoms with Gasteiger partial charge < -0.3 is 10.6 Å². The second kappa shape index (κ2) is 9.19. The van der Waals surface area contributed by atoms with Gasteiger partial charge in [-0.25, -0.2) is 0 Å². The summed E-state index contributed by atoms with van der Waals surface area (Å²) in [4.78, 5) is 15.1. The van der Waals surface area contributed by atoms with Crippen molar-refractivity contribution < 1.29 is 4.79 Å². The maximum atomic E-state index is 12.4. The molecule has 0 bridgehead atoms. The quantitative estimate of drug-likeness (QED) is 0.784. The molecule has 2 heterocycles. The Kier molecular flexibility index (Phi) is 6.96. The van der Waals surface area contributed by atoms with Gasteiger partial charge in [0, 0.05) is 18.5 Å². The Morgan fingerprint density at radius 3 is 2.38 bits per heavy atom. The molecule has 1 saturated carbocycles. The summed E-state index contributed by atoms with van der Waals surface area (Å²) in [6.45, 7) is 5.63. The summed E-state index contributed by atoms with van der Waals surface area (Å²) in [6.07, 6.45) is 14.9. The third-order valence-electron chi connectivity index (χ3n) is 6.66. The van der Waals surface area contributed by atoms with Crippen LogP contribution in [0.5, 0.6) is 0 Å². The number of nitrogens with one attached hydrogen (secondary N) is 2. The van der Waals surface area contributed by atoms with Gasteiger partial charge in [-0.3, -0.25) is 9.69 Å². The number of hydrogen-bond acceptors (Lipinski definition) is 3. The lowest BCUT2D eigenvalue weighted by Crippen LogP contribution is -2.58. The zero-order chi connectivity index (χ0) is 16.7. The van der Waals surface area contributed by atoms with Crippen LogP contribution >= 0.6 is 0 Å². The Labute approximate surface area is 148 Å². The van der Waals surface area contributed by atoms with Crippen molar-refractivity contribution in [3.63, 3.8) is 0 Å². The number of carbonyl (C=O) groups excluding carboxylic acids is 1. The van der Waals surface area contributed by atoms with Crippen LogP contribution in [-0.4, -0.2) is 49.1 Å². The van der Waals surface area contributed by atoms with Gasteiger partial charge in [-0.15, -0.1) is 0 Å². The minimum atomic E-state index is 0.267. The van der Waals surface area contributed by atoms with Crippen LogP contribution in [-0.2, 0) is 4.79 Å². The van der Waals surface area contributed by atoms with Crippen molar-refractivity contribution >= 4 is 5.91 Å². The van der Waals surface area contributed by atoms with Gasteiger partial charge in [-0.1, -0.05) is 25.7 Å². The Morgan fingerprint density at radius 2 is 1.67 bits per heavy atom. The molecular weight excluding hydrogens is 298 g/mol. The van der Waals surface area contributed by atoms with Crippen LogP contribution in [0.4, 0.5) is 0 Å². The maximum Gasteiger partial charge on any atom is 0.220 e. The van der Waals surface area contributed by atoms with E-state index in [0.29, 0.717) is 0 Å². The summed E-state index contributed by atoms with van der Waals surface area (Å²) < 4.78 is 0. The summed E-state index contributed by atoms with van der Waals surface area (Å²) in [5.41, 5.74) is 0.267. The average molecular weight is 336 g/mol. The van der Waals surface area contributed by atoms with E-state index in [4.69, 9.17) is 0 Å². The molecule has 4 nitrogen and oxygen atoms in total. The Morgan fingerprint density at radius 1 is 1.00 bits per heavy atom. The van der Waals surface area contributed by atoms with E-state index in [1.165, 1.54) is 77.3 Å². The Bertz CT molecular complexity index is 380. The molecule has 0 atom stereocenters. The first-order valence-electron chi connectivity index (χ1n) is 10.5. The fourth-order valence-electron chi connectivity index (χ4n) is 5.04. The van der Waals surface area contributed by atoms with Crippen LogP contribution in [0.2, 0.25) is 0 Å². The number of amides is 1. The van der Waals surface area contributed by atoms with E-state index in [0.717, 1.165) is 38.4 Å². The third kappa shape index (κ3) is 4.95. The first-order valence-corrected chi connectivity index (χ1v) is 10.5. The number of likely N-dealkylation sites (tertiary alicyclic amines) is 1. The average Bonchev–Trinajstić information content (AvgIpc) is 2.67. The lowest BCUT2D eigenvalue weighted by molar-refractivity contribution is -0.122. The topological polar surface area (TPSA) is 44.4 Å². The van der Waals surface area contributed by atoms with Crippen molar-refractivity contribution in [2.75, 3.05) is 32.7 Å². The predicted octanol–water partition coefficient (Wildman–Crippen LogP) is 3.07. The van der Waals surface area contributed by atoms with Gasteiger partial charge in [0.2, 0.25) is 5.91 Å². The monoisotopic (exact) mass is 335 g/mol. The highest BCUT2D eigenvalue weighted by Gasteiger charge is 2.38. The van der Waals surface area contributed by atoms with E-state index < -0.39 is 0 Å². The molecule has 3 fully saturated rings. The van der Waals surface area contributed by atoms with Crippen molar-refractivity contribution in [1.29, 1.82) is 0 Å². The van der Waals surface area contributed by atoms with Crippen LogP contribution in [0.1, 0.15) is 77.0 Å². The van der Waals surface area contributed by atoms with Crippen molar-refractivity contribution in [3.05, 3.63) is 0 Å². The summed E-state index contributed by atoms with van der Waals surface area (Å²) in [7, 11) is 0. The lowest BCUT2D eigenvalue weighted by Gasteiger charge is -2.48. The van der Waals surface area contributed by atoms with Crippen molar-refractivity contribution in [3.8, 4) is 0 Å². The molecule has 0 spiro atoms. The van der Waals surface area contributed by atoms with Gasteiger partial charge >= 0.3 is 0 Å². The minimum Gasteiger partial charge on any atom is -0.354 e. The van der Waals surface area contributed by atoms with E-state index in [-0.39, 0.29) is 11.4 Å². The molecule has 1 aliphatic carbocycles. The normalized spacial score (nSPS) is 26.2. The highest BCUT2D eigenvalue weighted by Crippen LogP contribution is 2.35. The standard InChI is InChI=1S/C20H37N3O/c24-19(8-7-18-9-13-21-14-10-18)22-17-20(11-3-1-4-12-20)23-15-5-2-6-16-23/h18,21H,1-17H2,(H,22,24). The molecule has 0 radical (unpaired) electrons.